The number of carbonyl (C=O) groups excluding carboxylic acids is 1. The maximum atomic E-state index is 12.5. The molecule has 3 aromatic rings. The summed E-state index contributed by atoms with van der Waals surface area (Å²) in [6.07, 6.45) is 4.01. The highest BCUT2D eigenvalue weighted by molar-refractivity contribution is 7.15. The van der Waals surface area contributed by atoms with Crippen molar-refractivity contribution in [3.05, 3.63) is 70.2 Å². The summed E-state index contributed by atoms with van der Waals surface area (Å²) in [7, 11) is 1.55. The average Bonchev–Trinajstić information content (AvgIpc) is 3.28. The van der Waals surface area contributed by atoms with Crippen molar-refractivity contribution in [2.24, 2.45) is 5.92 Å². The van der Waals surface area contributed by atoms with E-state index in [1.54, 1.807) is 25.3 Å². The molecule has 162 valence electrons. The molecular formula is C24H26ClN3O2S. The van der Waals surface area contributed by atoms with Gasteiger partial charge in [0.2, 0.25) is 0 Å². The first kappa shape index (κ1) is 21.8. The normalized spacial score (nSPS) is 15.0. The Morgan fingerprint density at radius 2 is 2.06 bits per heavy atom. The summed E-state index contributed by atoms with van der Waals surface area (Å²) < 4.78 is 5.20. The highest BCUT2D eigenvalue weighted by Crippen LogP contribution is 2.28. The number of nitrogens with one attached hydrogen (secondary N) is 1. The number of piperidine rings is 1. The van der Waals surface area contributed by atoms with Crippen molar-refractivity contribution in [3.63, 3.8) is 0 Å². The van der Waals surface area contributed by atoms with Crippen molar-refractivity contribution in [2.75, 3.05) is 26.7 Å². The van der Waals surface area contributed by atoms with E-state index in [0.717, 1.165) is 38.2 Å². The second kappa shape index (κ2) is 10.3. The number of pyridine rings is 1. The molecule has 0 aliphatic carbocycles. The number of likely N-dealkylation sites (tertiary alicyclic amines) is 1. The van der Waals surface area contributed by atoms with Gasteiger partial charge in [-0.25, -0.2) is 0 Å². The van der Waals surface area contributed by atoms with E-state index in [0.29, 0.717) is 28.8 Å². The lowest BCUT2D eigenvalue weighted by Crippen LogP contribution is -2.38. The van der Waals surface area contributed by atoms with E-state index in [1.807, 2.05) is 29.7 Å². The summed E-state index contributed by atoms with van der Waals surface area (Å²) in [5.74, 6) is 0.933. The van der Waals surface area contributed by atoms with Crippen molar-refractivity contribution in [2.45, 2.75) is 19.4 Å². The van der Waals surface area contributed by atoms with Gasteiger partial charge in [-0.2, -0.15) is 0 Å². The monoisotopic (exact) mass is 455 g/mol. The fourth-order valence-corrected chi connectivity index (χ4v) is 5.04. The number of rotatable bonds is 7. The molecule has 0 unspecified atom stereocenters. The second-order valence-corrected chi connectivity index (χ2v) is 9.34. The number of hydrogen-bond donors (Lipinski definition) is 1. The fourth-order valence-electron chi connectivity index (χ4n) is 3.82. The molecule has 0 atom stereocenters. The third kappa shape index (κ3) is 5.64. The minimum absolute atomic E-state index is 0.0852. The van der Waals surface area contributed by atoms with Crippen LogP contribution in [0.5, 0.6) is 5.75 Å². The molecule has 1 fully saturated rings. The first-order chi connectivity index (χ1) is 15.1. The third-order valence-corrected chi connectivity index (χ3v) is 7.03. The fraction of sp³-hybridized carbons (Fsp3) is 0.333. The minimum atomic E-state index is -0.0852. The highest BCUT2D eigenvalue weighted by Gasteiger charge is 2.21. The summed E-state index contributed by atoms with van der Waals surface area (Å²) in [4.78, 5) is 22.0. The van der Waals surface area contributed by atoms with Crippen molar-refractivity contribution in [3.8, 4) is 16.3 Å². The van der Waals surface area contributed by atoms with Crippen LogP contribution in [0, 0.1) is 5.92 Å². The number of aromatic nitrogens is 1. The quantitative estimate of drug-likeness (QED) is 0.537. The van der Waals surface area contributed by atoms with E-state index in [4.69, 9.17) is 16.3 Å². The van der Waals surface area contributed by atoms with Crippen LogP contribution < -0.4 is 10.1 Å². The van der Waals surface area contributed by atoms with E-state index in [2.05, 4.69) is 33.4 Å². The zero-order chi connectivity index (χ0) is 21.6. The number of nitrogens with zero attached hydrogens (tertiary/aromatic N) is 2. The van der Waals surface area contributed by atoms with Crippen molar-refractivity contribution < 1.29 is 9.53 Å². The standard InChI is InChI=1S/C24H26ClN3O2S/c1-30-22-14-18(5-7-20(22)25)24(29)27-15-17-9-12-28(13-10-17)16-19-6-8-23(31-19)21-4-2-3-11-26-21/h2-8,11,14,17H,9-10,12-13,15-16H2,1H3,(H,27,29). The van der Waals surface area contributed by atoms with Gasteiger partial charge in [-0.05, 0) is 74.3 Å². The van der Waals surface area contributed by atoms with Crippen LogP contribution in [-0.2, 0) is 6.54 Å². The van der Waals surface area contributed by atoms with Gasteiger partial charge >= 0.3 is 0 Å². The number of benzene rings is 1. The molecule has 3 heterocycles. The van der Waals surface area contributed by atoms with E-state index >= 15 is 0 Å². The predicted molar refractivity (Wildman–Crippen MR) is 126 cm³/mol. The molecule has 5 nitrogen and oxygen atoms in total. The number of carbonyl (C=O) groups is 1. The number of thiophene rings is 1. The first-order valence-corrected chi connectivity index (χ1v) is 11.7. The van der Waals surface area contributed by atoms with E-state index in [9.17, 15) is 4.79 Å². The number of halogens is 1. The van der Waals surface area contributed by atoms with Gasteiger partial charge in [-0.3, -0.25) is 14.7 Å². The van der Waals surface area contributed by atoms with E-state index in [1.165, 1.54) is 9.75 Å². The maximum Gasteiger partial charge on any atom is 0.251 e. The van der Waals surface area contributed by atoms with E-state index < -0.39 is 0 Å². The largest absolute Gasteiger partial charge is 0.495 e. The molecule has 1 amide bonds. The molecule has 0 spiro atoms. The van der Waals surface area contributed by atoms with Crippen molar-refractivity contribution in [1.29, 1.82) is 0 Å². The summed E-state index contributed by atoms with van der Waals surface area (Å²) in [5, 5.41) is 3.57. The van der Waals surface area contributed by atoms with Gasteiger partial charge < -0.3 is 10.1 Å². The zero-order valence-electron chi connectivity index (χ0n) is 17.5. The minimum Gasteiger partial charge on any atom is -0.495 e. The molecule has 31 heavy (non-hydrogen) atoms. The van der Waals surface area contributed by atoms with Crippen LogP contribution in [0.3, 0.4) is 0 Å². The molecular weight excluding hydrogens is 430 g/mol. The topological polar surface area (TPSA) is 54.5 Å². The van der Waals surface area contributed by atoms with Gasteiger partial charge in [0.15, 0.2) is 0 Å². The number of methoxy groups -OCH3 is 1. The molecule has 1 N–H and O–H groups in total. The van der Waals surface area contributed by atoms with Crippen LogP contribution in [0.4, 0.5) is 0 Å². The van der Waals surface area contributed by atoms with Crippen LogP contribution in [0.25, 0.3) is 10.6 Å². The van der Waals surface area contributed by atoms with Crippen LogP contribution >= 0.6 is 22.9 Å². The Labute approximate surface area is 192 Å². The number of hydrogen-bond acceptors (Lipinski definition) is 5. The Balaban J connectivity index is 1.23. The Kier molecular flexibility index (Phi) is 7.22. The second-order valence-electron chi connectivity index (χ2n) is 7.76. The smallest absolute Gasteiger partial charge is 0.251 e. The molecule has 1 aliphatic heterocycles. The van der Waals surface area contributed by atoms with Crippen LogP contribution in [0.15, 0.2) is 54.7 Å². The molecule has 0 bridgehead atoms. The molecule has 0 saturated carbocycles. The average molecular weight is 456 g/mol. The summed E-state index contributed by atoms with van der Waals surface area (Å²) >= 11 is 7.86. The Bertz CT molecular complexity index is 1020. The lowest BCUT2D eigenvalue weighted by atomic mass is 9.96. The summed E-state index contributed by atoms with van der Waals surface area (Å²) in [6, 6.07) is 15.5. The van der Waals surface area contributed by atoms with Crippen LogP contribution in [0.1, 0.15) is 28.1 Å². The Morgan fingerprint density at radius 1 is 1.23 bits per heavy atom. The van der Waals surface area contributed by atoms with Gasteiger partial charge in [-0.1, -0.05) is 17.7 Å². The molecule has 4 rings (SSSR count). The summed E-state index contributed by atoms with van der Waals surface area (Å²) in [5.41, 5.74) is 1.60. The molecule has 1 aliphatic rings. The summed E-state index contributed by atoms with van der Waals surface area (Å²) in [6.45, 7) is 3.76. The lowest BCUT2D eigenvalue weighted by molar-refractivity contribution is 0.0935. The maximum absolute atomic E-state index is 12.5. The lowest BCUT2D eigenvalue weighted by Gasteiger charge is -2.31. The van der Waals surface area contributed by atoms with Crippen LogP contribution in [0.2, 0.25) is 5.02 Å². The van der Waals surface area contributed by atoms with Gasteiger partial charge in [0, 0.05) is 29.7 Å². The molecule has 7 heteroatoms. The van der Waals surface area contributed by atoms with Crippen LogP contribution in [-0.4, -0.2) is 42.5 Å². The number of ether oxygens (including phenoxy) is 1. The van der Waals surface area contributed by atoms with Gasteiger partial charge in [0.05, 0.1) is 22.7 Å². The van der Waals surface area contributed by atoms with Crippen molar-refractivity contribution in [1.82, 2.24) is 15.2 Å². The Hall–Kier alpha value is -2.41. The first-order valence-electron chi connectivity index (χ1n) is 10.5. The zero-order valence-corrected chi connectivity index (χ0v) is 19.1. The number of amides is 1. The molecule has 1 aromatic carbocycles. The van der Waals surface area contributed by atoms with Gasteiger partial charge in [0.1, 0.15) is 5.75 Å². The predicted octanol–water partition coefficient (Wildman–Crippen LogP) is 5.11. The van der Waals surface area contributed by atoms with Gasteiger partial charge in [-0.15, -0.1) is 11.3 Å². The molecule has 0 radical (unpaired) electrons. The highest BCUT2D eigenvalue weighted by atomic mass is 35.5. The SMILES string of the molecule is COc1cc(C(=O)NCC2CCN(Cc3ccc(-c4ccccn4)s3)CC2)ccc1Cl. The van der Waals surface area contributed by atoms with Crippen molar-refractivity contribution >= 4 is 28.8 Å². The molecule has 1 saturated heterocycles. The third-order valence-electron chi connectivity index (χ3n) is 5.63. The molecule has 2 aromatic heterocycles. The van der Waals surface area contributed by atoms with Gasteiger partial charge in [0.25, 0.3) is 5.91 Å². The Morgan fingerprint density at radius 3 is 2.81 bits per heavy atom. The van der Waals surface area contributed by atoms with E-state index in [-0.39, 0.29) is 5.91 Å².